The molecule has 0 saturated carbocycles. The minimum absolute atomic E-state index is 0.342. The van der Waals surface area contributed by atoms with Crippen molar-refractivity contribution < 1.29 is 9.53 Å². The second kappa shape index (κ2) is 9.70. The first-order valence-corrected chi connectivity index (χ1v) is 10.7. The Balaban J connectivity index is 1.25. The zero-order valence-electron chi connectivity index (χ0n) is 18.1. The lowest BCUT2D eigenvalue weighted by molar-refractivity contribution is 0.262. The molecule has 0 aliphatic heterocycles. The highest BCUT2D eigenvalue weighted by atomic mass is 16.5. The number of amides is 2. The molecule has 34 heavy (non-hydrogen) atoms. The lowest BCUT2D eigenvalue weighted by Crippen LogP contribution is -2.19. The van der Waals surface area contributed by atoms with Gasteiger partial charge < -0.3 is 15.4 Å². The summed E-state index contributed by atoms with van der Waals surface area (Å²) >= 11 is 0. The second-order valence-corrected chi connectivity index (χ2v) is 7.48. The normalized spacial score (nSPS) is 10.5. The third-order valence-electron chi connectivity index (χ3n) is 5.12. The molecule has 5 rings (SSSR count). The first-order chi connectivity index (χ1) is 16.7. The van der Waals surface area contributed by atoms with Crippen molar-refractivity contribution in [1.29, 1.82) is 0 Å². The summed E-state index contributed by atoms with van der Waals surface area (Å²) in [7, 11) is 0. The molecule has 7 nitrogen and oxygen atoms in total. The molecule has 2 aromatic heterocycles. The number of nitrogens with one attached hydrogen (secondary N) is 3. The highest BCUT2D eigenvalue weighted by Crippen LogP contribution is 2.31. The molecule has 0 saturated heterocycles. The van der Waals surface area contributed by atoms with Crippen molar-refractivity contribution in [2.45, 2.75) is 0 Å². The van der Waals surface area contributed by atoms with Crippen LogP contribution in [0.15, 0.2) is 110 Å². The van der Waals surface area contributed by atoms with Crippen molar-refractivity contribution in [2.75, 3.05) is 10.6 Å². The topological polar surface area (TPSA) is 91.9 Å². The van der Waals surface area contributed by atoms with Gasteiger partial charge in [-0.25, -0.2) is 4.79 Å². The molecule has 0 aliphatic carbocycles. The average molecular weight is 447 g/mol. The van der Waals surface area contributed by atoms with Gasteiger partial charge in [-0.1, -0.05) is 30.3 Å². The Morgan fingerprint density at radius 2 is 1.47 bits per heavy atom. The van der Waals surface area contributed by atoms with Gasteiger partial charge in [-0.05, 0) is 66.2 Å². The van der Waals surface area contributed by atoms with E-state index in [1.54, 1.807) is 36.7 Å². The molecule has 0 unspecified atom stereocenters. The van der Waals surface area contributed by atoms with Crippen molar-refractivity contribution in [3.05, 3.63) is 110 Å². The highest BCUT2D eigenvalue weighted by Gasteiger charge is 2.12. The van der Waals surface area contributed by atoms with Gasteiger partial charge in [0, 0.05) is 41.1 Å². The number of carbonyl (C=O) groups excluding carboxylic acids is 1. The Morgan fingerprint density at radius 1 is 0.735 bits per heavy atom. The van der Waals surface area contributed by atoms with E-state index >= 15 is 0 Å². The summed E-state index contributed by atoms with van der Waals surface area (Å²) < 4.78 is 5.78. The number of carbonyl (C=O) groups is 1. The molecule has 166 valence electrons. The predicted octanol–water partition coefficient (Wildman–Crippen LogP) is 6.58. The smallest absolute Gasteiger partial charge is 0.323 e. The lowest BCUT2D eigenvalue weighted by atomic mass is 10.0. The van der Waals surface area contributed by atoms with Crippen molar-refractivity contribution in [3.8, 4) is 33.9 Å². The third kappa shape index (κ3) is 4.94. The van der Waals surface area contributed by atoms with Crippen LogP contribution >= 0.6 is 0 Å². The van der Waals surface area contributed by atoms with Gasteiger partial charge in [-0.15, -0.1) is 0 Å². The largest absolute Gasteiger partial charge is 0.457 e. The van der Waals surface area contributed by atoms with Crippen LogP contribution in [0.4, 0.5) is 16.2 Å². The van der Waals surface area contributed by atoms with Gasteiger partial charge >= 0.3 is 6.03 Å². The van der Waals surface area contributed by atoms with Crippen molar-refractivity contribution in [2.24, 2.45) is 0 Å². The van der Waals surface area contributed by atoms with E-state index < -0.39 is 0 Å². The second-order valence-electron chi connectivity index (χ2n) is 7.48. The SMILES string of the molecule is O=C(Nc1ccc(Oc2ccccc2)cc1)Nc1cccc(-c2n[nH]cc2-c2ccncc2)c1. The van der Waals surface area contributed by atoms with Gasteiger partial charge in [0.2, 0.25) is 0 Å². The number of benzene rings is 3. The van der Waals surface area contributed by atoms with Crippen LogP contribution in [0.5, 0.6) is 11.5 Å². The molecule has 0 radical (unpaired) electrons. The van der Waals surface area contributed by atoms with Crippen LogP contribution in [-0.2, 0) is 0 Å². The van der Waals surface area contributed by atoms with E-state index in [2.05, 4.69) is 25.8 Å². The monoisotopic (exact) mass is 447 g/mol. The number of ether oxygens (including phenoxy) is 1. The Kier molecular flexibility index (Phi) is 5.98. The molecule has 5 aromatic rings. The summed E-state index contributed by atoms with van der Waals surface area (Å²) in [4.78, 5) is 16.6. The van der Waals surface area contributed by atoms with Crippen molar-refractivity contribution in [1.82, 2.24) is 15.2 Å². The van der Waals surface area contributed by atoms with Gasteiger partial charge in [0.05, 0.1) is 5.69 Å². The highest BCUT2D eigenvalue weighted by molar-refractivity contribution is 6.00. The maximum atomic E-state index is 12.6. The van der Waals surface area contributed by atoms with E-state index in [0.29, 0.717) is 17.1 Å². The van der Waals surface area contributed by atoms with Crippen LogP contribution in [0.3, 0.4) is 0 Å². The number of urea groups is 1. The van der Waals surface area contributed by atoms with Crippen molar-refractivity contribution in [3.63, 3.8) is 0 Å². The fraction of sp³-hybridized carbons (Fsp3) is 0. The minimum atomic E-state index is -0.342. The molecule has 0 bridgehead atoms. The molecule has 0 aliphatic rings. The van der Waals surface area contributed by atoms with E-state index in [1.165, 1.54) is 0 Å². The number of H-pyrrole nitrogens is 1. The molecule has 7 heteroatoms. The van der Waals surface area contributed by atoms with Crippen LogP contribution in [0.25, 0.3) is 22.4 Å². The first-order valence-electron chi connectivity index (χ1n) is 10.7. The Bertz CT molecular complexity index is 1380. The fourth-order valence-electron chi connectivity index (χ4n) is 3.53. The number of rotatable bonds is 6. The van der Waals surface area contributed by atoms with E-state index in [0.717, 1.165) is 28.1 Å². The molecule has 2 heterocycles. The van der Waals surface area contributed by atoms with Crippen LogP contribution in [0.1, 0.15) is 0 Å². The summed E-state index contributed by atoms with van der Waals surface area (Å²) in [5.74, 6) is 1.44. The van der Waals surface area contributed by atoms with E-state index in [4.69, 9.17) is 4.74 Å². The summed E-state index contributed by atoms with van der Waals surface area (Å²) in [5, 5.41) is 13.0. The summed E-state index contributed by atoms with van der Waals surface area (Å²) in [6.07, 6.45) is 5.34. The average Bonchev–Trinajstić information content (AvgIpc) is 3.37. The van der Waals surface area contributed by atoms with Gasteiger partial charge in [-0.3, -0.25) is 10.1 Å². The third-order valence-corrected chi connectivity index (χ3v) is 5.12. The first kappa shape index (κ1) is 21.0. The maximum Gasteiger partial charge on any atom is 0.323 e. The standard InChI is InChI=1S/C27H21N5O2/c33-27(30-21-9-11-24(12-10-21)34-23-7-2-1-3-8-23)31-22-6-4-5-20(17-22)26-25(18-29-32-26)19-13-15-28-16-14-19/h1-18H,(H,29,32)(H2,30,31,33). The number of anilines is 2. The number of pyridine rings is 1. The summed E-state index contributed by atoms with van der Waals surface area (Å²) in [6.45, 7) is 0. The number of aromatic nitrogens is 3. The zero-order valence-corrected chi connectivity index (χ0v) is 18.1. The number of hydrogen-bond donors (Lipinski definition) is 3. The van der Waals surface area contributed by atoms with E-state index in [9.17, 15) is 4.79 Å². The molecular weight excluding hydrogens is 426 g/mol. The summed E-state index contributed by atoms with van der Waals surface area (Å²) in [6, 6.07) is 27.8. The molecule has 2 amide bonds. The summed E-state index contributed by atoms with van der Waals surface area (Å²) in [5.41, 5.74) is 4.96. The van der Waals surface area contributed by atoms with Crippen LogP contribution in [0, 0.1) is 0 Å². The fourth-order valence-corrected chi connectivity index (χ4v) is 3.53. The maximum absolute atomic E-state index is 12.6. The molecule has 3 N–H and O–H groups in total. The molecular formula is C27H21N5O2. The zero-order chi connectivity index (χ0) is 23.2. The molecule has 3 aromatic carbocycles. The van der Waals surface area contributed by atoms with E-state index in [-0.39, 0.29) is 6.03 Å². The van der Waals surface area contributed by atoms with E-state index in [1.807, 2.05) is 72.9 Å². The van der Waals surface area contributed by atoms with Crippen LogP contribution < -0.4 is 15.4 Å². The number of para-hydroxylation sites is 1. The molecule has 0 atom stereocenters. The van der Waals surface area contributed by atoms with Gasteiger partial charge in [0.1, 0.15) is 11.5 Å². The Hall–Kier alpha value is -4.91. The molecule has 0 fully saturated rings. The Labute approximate surface area is 196 Å². The van der Waals surface area contributed by atoms with Gasteiger partial charge in [0.25, 0.3) is 0 Å². The number of aromatic amines is 1. The number of hydrogen-bond acceptors (Lipinski definition) is 4. The predicted molar refractivity (Wildman–Crippen MR) is 133 cm³/mol. The van der Waals surface area contributed by atoms with Crippen LogP contribution in [0.2, 0.25) is 0 Å². The minimum Gasteiger partial charge on any atom is -0.457 e. The number of nitrogens with zero attached hydrogens (tertiary/aromatic N) is 2. The molecule has 0 spiro atoms. The lowest BCUT2D eigenvalue weighted by Gasteiger charge is -2.10. The van der Waals surface area contributed by atoms with Crippen molar-refractivity contribution >= 4 is 17.4 Å². The van der Waals surface area contributed by atoms with Gasteiger partial charge in [-0.2, -0.15) is 5.10 Å². The van der Waals surface area contributed by atoms with Gasteiger partial charge in [0.15, 0.2) is 0 Å². The van der Waals surface area contributed by atoms with Crippen LogP contribution in [-0.4, -0.2) is 21.2 Å². The quantitative estimate of drug-likeness (QED) is 0.274. The Morgan fingerprint density at radius 3 is 2.26 bits per heavy atom.